The van der Waals surface area contributed by atoms with Gasteiger partial charge in [-0.15, -0.1) is 0 Å². The van der Waals surface area contributed by atoms with Crippen LogP contribution in [0.1, 0.15) is 91.2 Å². The van der Waals surface area contributed by atoms with Gasteiger partial charge in [0, 0.05) is 26.6 Å². The molecular formula is C35H53N5O7. The summed E-state index contributed by atoms with van der Waals surface area (Å²) < 4.78 is 11.5. The van der Waals surface area contributed by atoms with Gasteiger partial charge >= 0.3 is 12.2 Å². The molecule has 0 spiro atoms. The van der Waals surface area contributed by atoms with E-state index in [1.807, 2.05) is 39.0 Å². The molecule has 3 N–H and O–H groups in total. The maximum absolute atomic E-state index is 14.0. The fourth-order valence-corrected chi connectivity index (χ4v) is 6.69. The number of nitrogens with one attached hydrogen (secondary N) is 3. The van der Waals surface area contributed by atoms with E-state index in [2.05, 4.69) is 22.0 Å². The standard InChI is InChI=1S/C35H53N5O7/c1-34(2,3)28(31(43)37-27(30(42)36-7)23-14-9-8-10-15-23)38-29(41)26-19-25(21-40(26)33(45)47-35(4,5)6)46-32(44)39-18-17-22-13-11-12-16-24(22)20-39/h11-13,16,23,25-28H,8-10,14-15,17-21H2,1-7H3,(H,36,42)(H,37,43)(H,38,41)/t25-,26-,27-,28+/m0/s1. The molecule has 0 radical (unpaired) electrons. The van der Waals surface area contributed by atoms with E-state index in [0.29, 0.717) is 19.5 Å². The lowest BCUT2D eigenvalue weighted by Gasteiger charge is -2.35. The van der Waals surface area contributed by atoms with Crippen LogP contribution in [0.5, 0.6) is 0 Å². The first kappa shape index (κ1) is 36.0. The van der Waals surface area contributed by atoms with Crippen LogP contribution in [0.2, 0.25) is 0 Å². The Morgan fingerprint density at radius 2 is 1.53 bits per heavy atom. The molecule has 12 heteroatoms. The summed E-state index contributed by atoms with van der Waals surface area (Å²) in [7, 11) is 1.55. The Hall–Kier alpha value is -3.83. The van der Waals surface area contributed by atoms with Crippen LogP contribution in [0, 0.1) is 11.3 Å². The van der Waals surface area contributed by atoms with Crippen LogP contribution in [-0.4, -0.2) is 89.7 Å². The van der Waals surface area contributed by atoms with E-state index in [9.17, 15) is 24.0 Å². The second-order valence-electron chi connectivity index (χ2n) is 15.1. The average Bonchev–Trinajstić information content (AvgIpc) is 3.44. The van der Waals surface area contributed by atoms with Crippen molar-refractivity contribution in [2.24, 2.45) is 11.3 Å². The Labute approximate surface area is 278 Å². The zero-order valence-electron chi connectivity index (χ0n) is 29.0. The molecule has 2 aliphatic heterocycles. The van der Waals surface area contributed by atoms with Crippen molar-refractivity contribution < 1.29 is 33.4 Å². The van der Waals surface area contributed by atoms with E-state index in [-0.39, 0.29) is 24.8 Å². The van der Waals surface area contributed by atoms with E-state index in [0.717, 1.165) is 37.7 Å². The molecule has 4 rings (SSSR count). The maximum Gasteiger partial charge on any atom is 0.411 e. The van der Waals surface area contributed by atoms with Crippen molar-refractivity contribution in [3.8, 4) is 0 Å². The predicted octanol–water partition coefficient (Wildman–Crippen LogP) is 3.90. The number of nitrogens with zero attached hydrogens (tertiary/aromatic N) is 2. The van der Waals surface area contributed by atoms with Gasteiger partial charge in [-0.2, -0.15) is 0 Å². The molecule has 1 saturated heterocycles. The van der Waals surface area contributed by atoms with E-state index in [1.54, 1.807) is 32.7 Å². The van der Waals surface area contributed by atoms with E-state index < -0.39 is 59.2 Å². The van der Waals surface area contributed by atoms with Crippen molar-refractivity contribution >= 4 is 29.9 Å². The number of carbonyl (C=O) groups excluding carboxylic acids is 5. The molecule has 47 heavy (non-hydrogen) atoms. The molecule has 1 aromatic rings. The molecule has 4 atom stereocenters. The van der Waals surface area contributed by atoms with Crippen molar-refractivity contribution in [2.45, 2.75) is 123 Å². The number of rotatable bonds is 7. The normalized spacial score (nSPS) is 21.6. The Balaban J connectivity index is 1.49. The third-order valence-electron chi connectivity index (χ3n) is 9.21. The Bertz CT molecular complexity index is 1310. The number of hydrogen-bond acceptors (Lipinski definition) is 7. The number of likely N-dealkylation sites (tertiary alicyclic amines) is 1. The summed E-state index contributed by atoms with van der Waals surface area (Å²) in [6, 6.07) is 5.18. The number of carbonyl (C=O) groups is 5. The SMILES string of the molecule is CNC(=O)[C@@H](NC(=O)[C@@H](NC(=O)[C@@H]1C[C@H](OC(=O)N2CCc3ccccc3C2)CN1C(=O)OC(C)(C)C)C(C)(C)C)C1CCCCC1. The van der Waals surface area contributed by atoms with Gasteiger partial charge in [0.05, 0.1) is 6.54 Å². The Morgan fingerprint density at radius 1 is 0.872 bits per heavy atom. The lowest BCUT2D eigenvalue weighted by atomic mass is 9.82. The van der Waals surface area contributed by atoms with Gasteiger partial charge in [-0.3, -0.25) is 19.3 Å². The molecule has 3 aliphatic rings. The van der Waals surface area contributed by atoms with Crippen molar-refractivity contribution in [2.75, 3.05) is 20.1 Å². The van der Waals surface area contributed by atoms with Crippen molar-refractivity contribution in [3.63, 3.8) is 0 Å². The lowest BCUT2D eigenvalue weighted by Crippen LogP contribution is -2.61. The largest absolute Gasteiger partial charge is 0.444 e. The number of fused-ring (bicyclic) bond motifs is 1. The number of amides is 5. The molecule has 0 bridgehead atoms. The van der Waals surface area contributed by atoms with Crippen LogP contribution >= 0.6 is 0 Å². The van der Waals surface area contributed by atoms with Crippen LogP contribution in [0.25, 0.3) is 0 Å². The molecule has 2 heterocycles. The molecular weight excluding hydrogens is 602 g/mol. The monoisotopic (exact) mass is 655 g/mol. The summed E-state index contributed by atoms with van der Waals surface area (Å²) in [4.78, 5) is 70.1. The highest BCUT2D eigenvalue weighted by atomic mass is 16.6. The number of likely N-dealkylation sites (N-methyl/N-ethyl adjacent to an activating group) is 1. The van der Waals surface area contributed by atoms with Gasteiger partial charge in [0.25, 0.3) is 0 Å². The number of benzene rings is 1. The molecule has 0 aromatic heterocycles. The Morgan fingerprint density at radius 3 is 2.15 bits per heavy atom. The molecule has 1 aromatic carbocycles. The maximum atomic E-state index is 14.0. The highest BCUT2D eigenvalue weighted by Gasteiger charge is 2.46. The van der Waals surface area contributed by atoms with Gasteiger partial charge in [-0.05, 0) is 62.5 Å². The summed E-state index contributed by atoms with van der Waals surface area (Å²) in [6.07, 6.45) is 3.53. The van der Waals surface area contributed by atoms with Crippen LogP contribution in [-0.2, 0) is 36.8 Å². The topological polar surface area (TPSA) is 146 Å². The molecule has 1 saturated carbocycles. The summed E-state index contributed by atoms with van der Waals surface area (Å²) in [6.45, 7) is 11.6. The second-order valence-corrected chi connectivity index (χ2v) is 15.1. The van der Waals surface area contributed by atoms with Gasteiger partial charge in [-0.25, -0.2) is 9.59 Å². The average molecular weight is 656 g/mol. The first-order valence-electron chi connectivity index (χ1n) is 16.9. The quantitative estimate of drug-likeness (QED) is 0.404. The highest BCUT2D eigenvalue weighted by molar-refractivity contribution is 5.94. The van der Waals surface area contributed by atoms with Crippen molar-refractivity contribution in [1.29, 1.82) is 0 Å². The van der Waals surface area contributed by atoms with Gasteiger partial charge in [-0.1, -0.05) is 64.3 Å². The third kappa shape index (κ3) is 9.38. The van der Waals surface area contributed by atoms with Gasteiger partial charge in [0.1, 0.15) is 29.8 Å². The van der Waals surface area contributed by atoms with Crippen LogP contribution < -0.4 is 16.0 Å². The zero-order chi connectivity index (χ0) is 34.5. The van der Waals surface area contributed by atoms with Crippen LogP contribution in [0.3, 0.4) is 0 Å². The molecule has 5 amide bonds. The van der Waals surface area contributed by atoms with E-state index in [4.69, 9.17) is 9.47 Å². The van der Waals surface area contributed by atoms with Crippen molar-refractivity contribution in [3.05, 3.63) is 35.4 Å². The highest BCUT2D eigenvalue weighted by Crippen LogP contribution is 2.29. The minimum atomic E-state index is -1.05. The number of hydrogen-bond donors (Lipinski definition) is 3. The minimum absolute atomic E-state index is 0.00490. The smallest absolute Gasteiger partial charge is 0.411 e. The lowest BCUT2D eigenvalue weighted by molar-refractivity contribution is -0.136. The van der Waals surface area contributed by atoms with E-state index in [1.165, 1.54) is 10.5 Å². The van der Waals surface area contributed by atoms with Gasteiger partial charge in [0.15, 0.2) is 0 Å². The van der Waals surface area contributed by atoms with Gasteiger partial charge in [0.2, 0.25) is 17.7 Å². The molecule has 0 unspecified atom stereocenters. The Kier molecular flexibility index (Phi) is 11.4. The zero-order valence-corrected chi connectivity index (χ0v) is 29.0. The first-order chi connectivity index (χ1) is 22.1. The second kappa shape index (κ2) is 14.9. The molecule has 2 fully saturated rings. The predicted molar refractivity (Wildman–Crippen MR) is 176 cm³/mol. The molecule has 260 valence electrons. The first-order valence-corrected chi connectivity index (χ1v) is 16.9. The fourth-order valence-electron chi connectivity index (χ4n) is 6.69. The van der Waals surface area contributed by atoms with E-state index >= 15 is 0 Å². The van der Waals surface area contributed by atoms with Crippen molar-refractivity contribution in [1.82, 2.24) is 25.8 Å². The van der Waals surface area contributed by atoms with Crippen LogP contribution in [0.15, 0.2) is 24.3 Å². The van der Waals surface area contributed by atoms with Crippen LogP contribution in [0.4, 0.5) is 9.59 Å². The fraction of sp³-hybridized carbons (Fsp3) is 0.686. The summed E-state index contributed by atoms with van der Waals surface area (Å²) in [5.41, 5.74) is 0.702. The molecule has 1 aliphatic carbocycles. The number of ether oxygens (including phenoxy) is 2. The summed E-state index contributed by atoms with van der Waals surface area (Å²) >= 11 is 0. The summed E-state index contributed by atoms with van der Waals surface area (Å²) in [5.74, 6) is -1.30. The molecule has 12 nitrogen and oxygen atoms in total. The summed E-state index contributed by atoms with van der Waals surface area (Å²) in [5, 5.41) is 8.49. The minimum Gasteiger partial charge on any atom is -0.444 e. The van der Waals surface area contributed by atoms with Gasteiger partial charge < -0.3 is 30.3 Å². The third-order valence-corrected chi connectivity index (χ3v) is 9.21.